The molecule has 2 aliphatic rings. The molecule has 24 heavy (non-hydrogen) atoms. The summed E-state index contributed by atoms with van der Waals surface area (Å²) in [5.41, 5.74) is -0.315. The Morgan fingerprint density at radius 3 is 2.33 bits per heavy atom. The van der Waals surface area contributed by atoms with Crippen molar-refractivity contribution in [1.29, 1.82) is 0 Å². The summed E-state index contributed by atoms with van der Waals surface area (Å²) in [7, 11) is 0. The van der Waals surface area contributed by atoms with Gasteiger partial charge >= 0.3 is 11.9 Å². The Hall–Kier alpha value is -2.41. The summed E-state index contributed by atoms with van der Waals surface area (Å²) < 4.78 is 10.7. The molecule has 1 aliphatic heterocycles. The van der Waals surface area contributed by atoms with Crippen LogP contribution >= 0.6 is 11.6 Å². The fourth-order valence-electron chi connectivity index (χ4n) is 2.89. The molecule has 2 fully saturated rings. The van der Waals surface area contributed by atoms with Gasteiger partial charge in [0.1, 0.15) is 10.6 Å². The van der Waals surface area contributed by atoms with Gasteiger partial charge < -0.3 is 9.47 Å². The molecule has 1 saturated heterocycles. The average Bonchev–Trinajstić information content (AvgIpc) is 2.53. The summed E-state index contributed by atoms with van der Waals surface area (Å²) in [6.07, 6.45) is 4.85. The van der Waals surface area contributed by atoms with Gasteiger partial charge in [0.25, 0.3) is 11.5 Å². The van der Waals surface area contributed by atoms with Crippen molar-refractivity contribution in [3.63, 3.8) is 0 Å². The van der Waals surface area contributed by atoms with Gasteiger partial charge in [-0.2, -0.15) is 0 Å². The Balaban J connectivity index is 1.88. The van der Waals surface area contributed by atoms with Crippen LogP contribution in [0.4, 0.5) is 5.69 Å². The van der Waals surface area contributed by atoms with Crippen molar-refractivity contribution in [2.45, 2.75) is 37.9 Å². The summed E-state index contributed by atoms with van der Waals surface area (Å²) >= 11 is 5.74. The van der Waals surface area contributed by atoms with Gasteiger partial charge in [0, 0.05) is 18.9 Å². The van der Waals surface area contributed by atoms with Crippen LogP contribution in [0.5, 0.6) is 0 Å². The third kappa shape index (κ3) is 3.12. The van der Waals surface area contributed by atoms with Gasteiger partial charge in [0.2, 0.25) is 0 Å². The molecule has 0 amide bonds. The lowest BCUT2D eigenvalue weighted by molar-refractivity contribution is -0.384. The zero-order valence-corrected chi connectivity index (χ0v) is 13.4. The lowest BCUT2D eigenvalue weighted by Gasteiger charge is -2.38. The molecular weight excluding hydrogens is 338 g/mol. The van der Waals surface area contributed by atoms with Crippen molar-refractivity contribution in [3.05, 3.63) is 44.5 Å². The zero-order valence-electron chi connectivity index (χ0n) is 12.6. The number of carbonyl (C=O) groups excluding carboxylic acids is 2. The lowest BCUT2D eigenvalue weighted by Crippen LogP contribution is -2.47. The molecule has 1 aromatic carbocycles. The Kier molecular flexibility index (Phi) is 4.28. The van der Waals surface area contributed by atoms with E-state index in [4.69, 9.17) is 21.1 Å². The van der Waals surface area contributed by atoms with E-state index in [9.17, 15) is 19.7 Å². The number of hydrogen-bond acceptors (Lipinski definition) is 6. The molecule has 3 rings (SSSR count). The minimum absolute atomic E-state index is 0.0305. The maximum Gasteiger partial charge on any atom is 0.348 e. The largest absolute Gasteiger partial charge is 0.419 e. The molecule has 8 heteroatoms. The molecule has 0 radical (unpaired) electrons. The maximum absolute atomic E-state index is 12.2. The lowest BCUT2D eigenvalue weighted by atomic mass is 9.93. The summed E-state index contributed by atoms with van der Waals surface area (Å²) in [6.45, 7) is 0. The first kappa shape index (κ1) is 16.4. The first-order valence-electron chi connectivity index (χ1n) is 7.52. The molecule has 0 bridgehead atoms. The maximum atomic E-state index is 12.2. The molecule has 1 aromatic rings. The second-order valence-corrected chi connectivity index (χ2v) is 6.18. The van der Waals surface area contributed by atoms with Gasteiger partial charge in [-0.3, -0.25) is 10.1 Å². The Bertz CT molecular complexity index is 729. The third-order valence-corrected chi connectivity index (χ3v) is 4.41. The van der Waals surface area contributed by atoms with Gasteiger partial charge in [-0.15, -0.1) is 0 Å². The van der Waals surface area contributed by atoms with Gasteiger partial charge in [0.05, 0.1) is 4.92 Å². The van der Waals surface area contributed by atoms with Gasteiger partial charge in [-0.05, 0) is 30.5 Å². The highest BCUT2D eigenvalue weighted by Crippen LogP contribution is 2.37. The number of benzene rings is 1. The third-order valence-electron chi connectivity index (χ3n) is 4.09. The fourth-order valence-corrected chi connectivity index (χ4v) is 3.08. The highest BCUT2D eigenvalue weighted by molar-refractivity contribution is 6.32. The van der Waals surface area contributed by atoms with Crippen molar-refractivity contribution in [3.8, 4) is 0 Å². The first-order chi connectivity index (χ1) is 11.4. The molecule has 0 atom stereocenters. The quantitative estimate of drug-likeness (QED) is 0.266. The van der Waals surface area contributed by atoms with Crippen LogP contribution in [-0.4, -0.2) is 22.6 Å². The van der Waals surface area contributed by atoms with Crippen LogP contribution in [0.3, 0.4) is 0 Å². The highest BCUT2D eigenvalue weighted by Gasteiger charge is 2.46. The number of halogens is 1. The molecule has 0 N–H and O–H groups in total. The number of carbonyl (C=O) groups is 2. The smallest absolute Gasteiger partial charge is 0.348 e. The van der Waals surface area contributed by atoms with E-state index in [-0.39, 0.29) is 21.8 Å². The summed E-state index contributed by atoms with van der Waals surface area (Å²) in [4.78, 5) is 34.7. The van der Waals surface area contributed by atoms with E-state index in [0.717, 1.165) is 19.3 Å². The highest BCUT2D eigenvalue weighted by atomic mass is 35.5. The summed E-state index contributed by atoms with van der Waals surface area (Å²) in [6, 6.07) is 3.98. The average molecular weight is 352 g/mol. The normalized spacial score (nSPS) is 19.6. The topological polar surface area (TPSA) is 95.7 Å². The van der Waals surface area contributed by atoms with Crippen LogP contribution in [0.1, 0.15) is 37.7 Å². The van der Waals surface area contributed by atoms with Crippen molar-refractivity contribution in [1.82, 2.24) is 0 Å². The Morgan fingerprint density at radius 1 is 1.12 bits per heavy atom. The van der Waals surface area contributed by atoms with E-state index in [1.54, 1.807) is 0 Å². The molecular formula is C16H14ClNO6. The van der Waals surface area contributed by atoms with Crippen LogP contribution in [0.2, 0.25) is 5.02 Å². The monoisotopic (exact) mass is 351 g/mol. The number of rotatable bonds is 2. The van der Waals surface area contributed by atoms with E-state index in [2.05, 4.69) is 0 Å². The van der Waals surface area contributed by atoms with Crippen LogP contribution in [0.25, 0.3) is 6.08 Å². The van der Waals surface area contributed by atoms with E-state index < -0.39 is 22.6 Å². The minimum atomic E-state index is -1.16. The number of esters is 2. The van der Waals surface area contributed by atoms with E-state index in [1.165, 1.54) is 24.3 Å². The number of nitro benzene ring substituents is 1. The summed E-state index contributed by atoms with van der Waals surface area (Å²) in [5.74, 6) is -2.70. The second-order valence-electron chi connectivity index (χ2n) is 5.78. The van der Waals surface area contributed by atoms with E-state index in [0.29, 0.717) is 12.8 Å². The van der Waals surface area contributed by atoms with Crippen molar-refractivity contribution >= 4 is 35.3 Å². The predicted molar refractivity (Wildman–Crippen MR) is 84.1 cm³/mol. The SMILES string of the molecule is O=C1OC2(CCCCC2)OC(=O)C1=Cc1ccc(Cl)c([N+](=O)[O-])c1. The number of hydrogen-bond donors (Lipinski definition) is 0. The van der Waals surface area contributed by atoms with Crippen LogP contribution < -0.4 is 0 Å². The molecule has 0 unspecified atom stereocenters. The molecule has 1 heterocycles. The van der Waals surface area contributed by atoms with E-state index >= 15 is 0 Å². The molecule has 126 valence electrons. The van der Waals surface area contributed by atoms with Crippen molar-refractivity contribution in [2.75, 3.05) is 0 Å². The molecule has 1 aliphatic carbocycles. The number of ether oxygens (including phenoxy) is 2. The fraction of sp³-hybridized carbons (Fsp3) is 0.375. The van der Waals surface area contributed by atoms with Crippen molar-refractivity contribution < 1.29 is 24.0 Å². The summed E-state index contributed by atoms with van der Waals surface area (Å²) in [5, 5.41) is 10.9. The Labute approximate surface area is 142 Å². The van der Waals surface area contributed by atoms with Crippen LogP contribution in [-0.2, 0) is 19.1 Å². The molecule has 0 aromatic heterocycles. The Morgan fingerprint density at radius 2 is 1.75 bits per heavy atom. The second kappa shape index (κ2) is 6.24. The van der Waals surface area contributed by atoms with Gasteiger partial charge in [-0.25, -0.2) is 9.59 Å². The predicted octanol–water partition coefficient (Wildman–Crippen LogP) is 3.39. The minimum Gasteiger partial charge on any atom is -0.419 e. The van der Waals surface area contributed by atoms with Gasteiger partial charge in [0.15, 0.2) is 0 Å². The molecule has 1 spiro atoms. The molecule has 1 saturated carbocycles. The van der Waals surface area contributed by atoms with E-state index in [1.807, 2.05) is 0 Å². The van der Waals surface area contributed by atoms with Crippen LogP contribution in [0, 0.1) is 10.1 Å². The van der Waals surface area contributed by atoms with Crippen LogP contribution in [0.15, 0.2) is 23.8 Å². The van der Waals surface area contributed by atoms with Gasteiger partial charge in [-0.1, -0.05) is 24.1 Å². The standard InChI is InChI=1S/C16H14ClNO6/c17-12-5-4-10(9-13(12)18(21)22)8-11-14(19)23-16(24-15(11)20)6-2-1-3-7-16/h4-5,8-9H,1-3,6-7H2. The zero-order chi connectivity index (χ0) is 17.3. The number of nitrogens with zero attached hydrogens (tertiary/aromatic N) is 1. The number of nitro groups is 1. The first-order valence-corrected chi connectivity index (χ1v) is 7.90. The molecule has 7 nitrogen and oxygen atoms in total. The van der Waals surface area contributed by atoms with Crippen molar-refractivity contribution in [2.24, 2.45) is 0 Å².